The van der Waals surface area contributed by atoms with E-state index in [4.69, 9.17) is 19.9 Å². The van der Waals surface area contributed by atoms with Crippen molar-refractivity contribution in [2.24, 2.45) is 5.41 Å². The van der Waals surface area contributed by atoms with Gasteiger partial charge >= 0.3 is 18.1 Å². The van der Waals surface area contributed by atoms with E-state index in [0.717, 1.165) is 12.8 Å². The quantitative estimate of drug-likeness (QED) is 0.260. The number of nitrogen functional groups attached to an aromatic ring is 1. The number of aromatic nitrogens is 4. The average Bonchev–Trinajstić information content (AvgIpc) is 3.66. The minimum absolute atomic E-state index is 0.0875. The highest BCUT2D eigenvalue weighted by molar-refractivity contribution is 5.76. The zero-order valence-corrected chi connectivity index (χ0v) is 27.4. The fourth-order valence-electron chi connectivity index (χ4n) is 6.40. The molecule has 5 rings (SSSR count). The van der Waals surface area contributed by atoms with Crippen LogP contribution in [0.25, 0.3) is 5.69 Å². The maximum Gasteiger partial charge on any atom is 0.429 e. The van der Waals surface area contributed by atoms with Crippen LogP contribution in [0.3, 0.4) is 0 Å². The SMILES string of the molecule is CCOC(=O)CCCc1ccc(-n2ccc(C)n2)c([C@@H](Oc2cc(N3CCC4(CC3)CN[C@H](C(=O)OCC)C4)nc(N)n2)C(F)(F)F)c1. The van der Waals surface area contributed by atoms with Crippen molar-refractivity contribution >= 4 is 23.7 Å². The topological polar surface area (TPSA) is 147 Å². The van der Waals surface area contributed by atoms with Gasteiger partial charge in [0.2, 0.25) is 17.9 Å². The second-order valence-electron chi connectivity index (χ2n) is 12.3. The highest BCUT2D eigenvalue weighted by Gasteiger charge is 2.46. The number of ether oxygens (including phenoxy) is 3. The summed E-state index contributed by atoms with van der Waals surface area (Å²) in [7, 11) is 0. The van der Waals surface area contributed by atoms with Gasteiger partial charge in [0.15, 0.2) is 0 Å². The van der Waals surface area contributed by atoms with E-state index >= 15 is 0 Å². The predicted molar refractivity (Wildman–Crippen MR) is 171 cm³/mol. The number of piperidine rings is 1. The Morgan fingerprint density at radius 3 is 2.52 bits per heavy atom. The second-order valence-corrected chi connectivity index (χ2v) is 12.3. The number of hydrogen-bond donors (Lipinski definition) is 2. The zero-order valence-electron chi connectivity index (χ0n) is 27.4. The maximum atomic E-state index is 14.9. The second kappa shape index (κ2) is 14.8. The van der Waals surface area contributed by atoms with Crippen LogP contribution in [-0.2, 0) is 25.5 Å². The number of carbonyl (C=O) groups is 2. The van der Waals surface area contributed by atoms with Gasteiger partial charge in [0, 0.05) is 43.9 Å². The highest BCUT2D eigenvalue weighted by atomic mass is 19.4. The lowest BCUT2D eigenvalue weighted by atomic mass is 9.76. The molecule has 12 nitrogen and oxygen atoms in total. The van der Waals surface area contributed by atoms with Crippen molar-refractivity contribution in [3.63, 3.8) is 0 Å². The molecule has 0 bridgehead atoms. The number of rotatable bonds is 12. The van der Waals surface area contributed by atoms with Crippen molar-refractivity contribution < 1.29 is 37.0 Å². The summed E-state index contributed by atoms with van der Waals surface area (Å²) >= 11 is 0. The molecular weight excluding hydrogens is 631 g/mol. The van der Waals surface area contributed by atoms with Gasteiger partial charge < -0.3 is 30.2 Å². The Morgan fingerprint density at radius 2 is 1.85 bits per heavy atom. The van der Waals surface area contributed by atoms with Gasteiger partial charge in [0.1, 0.15) is 11.9 Å². The summed E-state index contributed by atoms with van der Waals surface area (Å²) in [6, 6.07) is 7.44. The van der Waals surface area contributed by atoms with Gasteiger partial charge in [0.25, 0.3) is 0 Å². The first-order chi connectivity index (χ1) is 22.9. The molecule has 0 saturated carbocycles. The molecule has 0 aliphatic carbocycles. The van der Waals surface area contributed by atoms with Crippen molar-refractivity contribution in [2.75, 3.05) is 43.5 Å². The normalized spacial score (nSPS) is 18.1. The van der Waals surface area contributed by atoms with Crippen LogP contribution in [0.15, 0.2) is 36.5 Å². The van der Waals surface area contributed by atoms with Crippen molar-refractivity contribution in [2.45, 2.75) is 77.6 Å². The first kappa shape index (κ1) is 34.9. The molecule has 2 saturated heterocycles. The van der Waals surface area contributed by atoms with E-state index in [1.807, 2.05) is 4.90 Å². The number of aryl methyl sites for hydroxylation is 2. The van der Waals surface area contributed by atoms with E-state index in [9.17, 15) is 22.8 Å². The molecule has 2 fully saturated rings. The fourth-order valence-corrected chi connectivity index (χ4v) is 6.40. The van der Waals surface area contributed by atoms with E-state index < -0.39 is 12.3 Å². The van der Waals surface area contributed by atoms with E-state index in [1.165, 1.54) is 16.8 Å². The molecule has 15 heteroatoms. The Kier molecular flexibility index (Phi) is 10.8. The molecule has 2 aromatic heterocycles. The number of carbonyl (C=O) groups excluding carboxylic acids is 2. The summed E-state index contributed by atoms with van der Waals surface area (Å²) in [5.41, 5.74) is 7.17. The van der Waals surface area contributed by atoms with Crippen molar-refractivity contribution in [1.82, 2.24) is 25.1 Å². The molecule has 2 aliphatic heterocycles. The number of esters is 2. The number of alkyl halides is 3. The van der Waals surface area contributed by atoms with Gasteiger partial charge in [-0.25, -0.2) is 4.68 Å². The van der Waals surface area contributed by atoms with E-state index in [2.05, 4.69) is 20.4 Å². The van der Waals surface area contributed by atoms with Gasteiger partial charge in [-0.3, -0.25) is 9.59 Å². The molecule has 0 radical (unpaired) electrons. The summed E-state index contributed by atoms with van der Waals surface area (Å²) in [5.74, 6) is -0.796. The third kappa shape index (κ3) is 8.35. The van der Waals surface area contributed by atoms with E-state index in [-0.39, 0.29) is 59.5 Å². The monoisotopic (exact) mass is 673 g/mol. The lowest BCUT2D eigenvalue weighted by Gasteiger charge is -2.39. The summed E-state index contributed by atoms with van der Waals surface area (Å²) < 4.78 is 61.9. The Morgan fingerprint density at radius 1 is 1.10 bits per heavy atom. The third-order valence-electron chi connectivity index (χ3n) is 8.82. The zero-order chi connectivity index (χ0) is 34.5. The van der Waals surface area contributed by atoms with Gasteiger partial charge in [-0.1, -0.05) is 6.07 Å². The minimum atomic E-state index is -4.84. The summed E-state index contributed by atoms with van der Waals surface area (Å²) in [4.78, 5) is 34.4. The Bertz CT molecular complexity index is 1590. The molecule has 1 spiro atoms. The Hall–Kier alpha value is -4.40. The lowest BCUT2D eigenvalue weighted by Crippen LogP contribution is -2.41. The smallest absolute Gasteiger partial charge is 0.429 e. The summed E-state index contributed by atoms with van der Waals surface area (Å²) in [6.45, 7) is 7.61. The van der Waals surface area contributed by atoms with Crippen LogP contribution in [0.5, 0.6) is 5.88 Å². The number of halogens is 3. The first-order valence-corrected chi connectivity index (χ1v) is 16.2. The van der Waals surface area contributed by atoms with Crippen LogP contribution < -0.4 is 20.7 Å². The van der Waals surface area contributed by atoms with Crippen LogP contribution >= 0.6 is 0 Å². The Balaban J connectivity index is 1.38. The molecule has 0 amide bonds. The minimum Gasteiger partial charge on any atom is -0.466 e. The average molecular weight is 674 g/mol. The van der Waals surface area contributed by atoms with Gasteiger partial charge in [0.05, 0.1) is 24.6 Å². The molecular formula is C33H42F3N7O5. The summed E-state index contributed by atoms with van der Waals surface area (Å²) in [6.07, 6.45) is -2.63. The maximum absolute atomic E-state index is 14.9. The number of hydrogen-bond acceptors (Lipinski definition) is 11. The fraction of sp³-hybridized carbons (Fsp3) is 0.545. The third-order valence-corrected chi connectivity index (χ3v) is 8.82. The van der Waals surface area contributed by atoms with Gasteiger partial charge in [-0.05, 0) is 82.1 Å². The number of nitrogens with two attached hydrogens (primary N) is 1. The lowest BCUT2D eigenvalue weighted by molar-refractivity contribution is -0.198. The van der Waals surface area contributed by atoms with Crippen LogP contribution in [0, 0.1) is 12.3 Å². The largest absolute Gasteiger partial charge is 0.466 e. The first-order valence-electron chi connectivity index (χ1n) is 16.2. The molecule has 1 aromatic carbocycles. The number of anilines is 2. The molecule has 3 N–H and O–H groups in total. The summed E-state index contributed by atoms with van der Waals surface area (Å²) in [5, 5.41) is 7.62. The predicted octanol–water partition coefficient (Wildman–Crippen LogP) is 4.63. The molecule has 2 atom stereocenters. The van der Waals surface area contributed by atoms with Crippen LogP contribution in [-0.4, -0.2) is 76.8 Å². The van der Waals surface area contributed by atoms with Crippen LogP contribution in [0.4, 0.5) is 24.9 Å². The van der Waals surface area contributed by atoms with Gasteiger partial charge in [-0.15, -0.1) is 0 Å². The van der Waals surface area contributed by atoms with Crippen molar-refractivity contribution in [3.8, 4) is 11.6 Å². The molecule has 2 aliphatic rings. The number of nitrogens with one attached hydrogen (secondary N) is 1. The van der Waals surface area contributed by atoms with Crippen LogP contribution in [0.1, 0.15) is 68.9 Å². The number of benzene rings is 1. The van der Waals surface area contributed by atoms with E-state index in [1.54, 1.807) is 45.2 Å². The molecule has 0 unspecified atom stereocenters. The van der Waals surface area contributed by atoms with E-state index in [0.29, 0.717) is 62.6 Å². The molecule has 260 valence electrons. The van der Waals surface area contributed by atoms with Crippen molar-refractivity contribution in [1.29, 1.82) is 0 Å². The molecule has 48 heavy (non-hydrogen) atoms. The van der Waals surface area contributed by atoms with Crippen LogP contribution in [0.2, 0.25) is 0 Å². The molecule has 3 aromatic rings. The molecule has 4 heterocycles. The van der Waals surface area contributed by atoms with Crippen molar-refractivity contribution in [3.05, 3.63) is 53.3 Å². The standard InChI is InChI=1S/C33H42F3N7O5/c1-4-46-28(44)8-6-7-22-9-10-25(43-14-11-21(3)41-43)23(17-22)29(33(34,35)36)48-27-18-26(39-31(37)40-27)42-15-12-32(13-16-42)19-24(38-20-32)30(45)47-5-2/h9-11,14,17-18,24,29,38H,4-8,12-13,15-16,19-20H2,1-3H3,(H2,37,39,40)/t24-,29+/m0/s1. The number of nitrogens with zero attached hydrogens (tertiary/aromatic N) is 5. The Labute approximate surface area is 277 Å². The van der Waals surface area contributed by atoms with Gasteiger partial charge in [-0.2, -0.15) is 28.2 Å². The highest BCUT2D eigenvalue weighted by Crippen LogP contribution is 2.42.